The summed E-state index contributed by atoms with van der Waals surface area (Å²) in [6.45, 7) is 3.87. The van der Waals surface area contributed by atoms with Gasteiger partial charge in [-0.2, -0.15) is 0 Å². The van der Waals surface area contributed by atoms with Gasteiger partial charge in [-0.25, -0.2) is 0 Å². The predicted octanol–water partition coefficient (Wildman–Crippen LogP) is 1.63. The van der Waals surface area contributed by atoms with Gasteiger partial charge in [0.25, 0.3) is 0 Å². The fourth-order valence-corrected chi connectivity index (χ4v) is 1.22. The topological polar surface area (TPSA) is 35.5 Å². The van der Waals surface area contributed by atoms with Crippen molar-refractivity contribution in [3.8, 4) is 0 Å². The summed E-state index contributed by atoms with van der Waals surface area (Å²) in [7, 11) is -0.279. The van der Waals surface area contributed by atoms with E-state index in [1.165, 1.54) is 12.8 Å². The highest BCUT2D eigenvalue weighted by atomic mass is 16.7. The van der Waals surface area contributed by atoms with E-state index < -0.39 is 0 Å². The molecule has 1 aliphatic rings. The van der Waals surface area contributed by atoms with Crippen LogP contribution in [0.5, 0.6) is 0 Å². The first-order valence-electron chi connectivity index (χ1n) is 4.60. The number of carbonyl (C=O) groups is 1. The van der Waals surface area contributed by atoms with Crippen molar-refractivity contribution in [2.24, 2.45) is 0 Å². The molecule has 3 nitrogen and oxygen atoms in total. The molecule has 1 unspecified atom stereocenters. The van der Waals surface area contributed by atoms with Crippen LogP contribution in [0.4, 0.5) is 0 Å². The van der Waals surface area contributed by atoms with Crippen LogP contribution in [-0.2, 0) is 14.1 Å². The van der Waals surface area contributed by atoms with Gasteiger partial charge in [0.05, 0.1) is 0 Å². The molecule has 0 saturated carbocycles. The van der Waals surface area contributed by atoms with Crippen molar-refractivity contribution in [1.29, 1.82) is 0 Å². The second-order valence-corrected chi connectivity index (χ2v) is 3.14. The molecule has 1 heterocycles. The summed E-state index contributed by atoms with van der Waals surface area (Å²) in [5.41, 5.74) is 0. The predicted molar refractivity (Wildman–Crippen MR) is 46.7 cm³/mol. The summed E-state index contributed by atoms with van der Waals surface area (Å²) in [5.74, 6) is -0.225. The van der Waals surface area contributed by atoms with Crippen LogP contribution >= 0.6 is 0 Å². The van der Waals surface area contributed by atoms with E-state index in [4.69, 9.17) is 9.31 Å². The van der Waals surface area contributed by atoms with Crippen LogP contribution in [0.2, 0.25) is 6.32 Å². The SMILES string of the molecule is CCCCCB1OC(=O)C(C)O1. The Morgan fingerprint density at radius 2 is 2.25 bits per heavy atom. The number of carbonyl (C=O) groups excluding carboxylic acids is 1. The average molecular weight is 170 g/mol. The largest absolute Gasteiger partial charge is 0.527 e. The Morgan fingerprint density at radius 3 is 2.75 bits per heavy atom. The third-order valence-electron chi connectivity index (χ3n) is 1.98. The van der Waals surface area contributed by atoms with Crippen LogP contribution in [-0.4, -0.2) is 19.2 Å². The molecule has 1 fully saturated rings. The van der Waals surface area contributed by atoms with E-state index in [0.29, 0.717) is 0 Å². The van der Waals surface area contributed by atoms with Gasteiger partial charge in [0.15, 0.2) is 0 Å². The van der Waals surface area contributed by atoms with Crippen molar-refractivity contribution in [2.75, 3.05) is 0 Å². The van der Waals surface area contributed by atoms with Crippen LogP contribution < -0.4 is 0 Å². The number of rotatable bonds is 4. The number of hydrogen-bond acceptors (Lipinski definition) is 3. The molecule has 4 heteroatoms. The molecule has 0 spiro atoms. The Balaban J connectivity index is 2.14. The molecule has 0 aromatic carbocycles. The fourth-order valence-electron chi connectivity index (χ4n) is 1.22. The second-order valence-electron chi connectivity index (χ2n) is 3.14. The van der Waals surface area contributed by atoms with Crippen LogP contribution in [0.3, 0.4) is 0 Å². The molecule has 0 bridgehead atoms. The Hall–Kier alpha value is -0.505. The molecule has 0 N–H and O–H groups in total. The first-order chi connectivity index (χ1) is 5.74. The van der Waals surface area contributed by atoms with Crippen molar-refractivity contribution in [2.45, 2.75) is 45.5 Å². The first-order valence-corrected chi connectivity index (χ1v) is 4.60. The van der Waals surface area contributed by atoms with E-state index in [9.17, 15) is 4.79 Å². The Labute approximate surface area is 73.6 Å². The third-order valence-corrected chi connectivity index (χ3v) is 1.98. The average Bonchev–Trinajstić information content (AvgIpc) is 2.32. The summed E-state index contributed by atoms with van der Waals surface area (Å²) < 4.78 is 10.2. The van der Waals surface area contributed by atoms with E-state index in [1.54, 1.807) is 6.92 Å². The van der Waals surface area contributed by atoms with Crippen molar-refractivity contribution in [3.63, 3.8) is 0 Å². The maximum Gasteiger partial charge on any atom is 0.527 e. The van der Waals surface area contributed by atoms with Crippen LogP contribution in [0.15, 0.2) is 0 Å². The summed E-state index contributed by atoms with van der Waals surface area (Å²) in [6, 6.07) is 0. The van der Waals surface area contributed by atoms with Gasteiger partial charge in [-0.15, -0.1) is 0 Å². The monoisotopic (exact) mass is 170 g/mol. The molecule has 0 aromatic rings. The highest BCUT2D eigenvalue weighted by molar-refractivity contribution is 6.48. The van der Waals surface area contributed by atoms with Gasteiger partial charge in [0.1, 0.15) is 6.10 Å². The quantitative estimate of drug-likeness (QED) is 0.475. The Morgan fingerprint density at radius 1 is 1.50 bits per heavy atom. The minimum absolute atomic E-state index is 0.225. The highest BCUT2D eigenvalue weighted by Gasteiger charge is 2.36. The molecule has 0 radical (unpaired) electrons. The normalized spacial score (nSPS) is 23.0. The van der Waals surface area contributed by atoms with Gasteiger partial charge < -0.3 is 9.31 Å². The van der Waals surface area contributed by atoms with Crippen LogP contribution in [0, 0.1) is 0 Å². The lowest BCUT2D eigenvalue weighted by Gasteiger charge is -2.01. The lowest BCUT2D eigenvalue weighted by molar-refractivity contribution is -0.135. The van der Waals surface area contributed by atoms with Gasteiger partial charge in [0, 0.05) is 0 Å². The molecule has 1 rings (SSSR count). The summed E-state index contributed by atoms with van der Waals surface area (Å²) >= 11 is 0. The zero-order valence-corrected chi connectivity index (χ0v) is 7.71. The molecule has 68 valence electrons. The van der Waals surface area contributed by atoms with Crippen molar-refractivity contribution in [3.05, 3.63) is 0 Å². The highest BCUT2D eigenvalue weighted by Crippen LogP contribution is 2.15. The van der Waals surface area contributed by atoms with E-state index in [2.05, 4.69) is 6.92 Å². The minimum atomic E-state index is -0.364. The molecule has 0 aliphatic carbocycles. The lowest BCUT2D eigenvalue weighted by Crippen LogP contribution is -2.14. The third kappa shape index (κ3) is 2.52. The van der Waals surface area contributed by atoms with Gasteiger partial charge in [-0.1, -0.05) is 26.2 Å². The number of hydrogen-bond donors (Lipinski definition) is 0. The maximum absolute atomic E-state index is 10.9. The smallest absolute Gasteiger partial charge is 0.508 e. The Kier molecular flexibility index (Phi) is 3.60. The summed E-state index contributed by atoms with van der Waals surface area (Å²) in [4.78, 5) is 10.9. The zero-order chi connectivity index (χ0) is 8.97. The van der Waals surface area contributed by atoms with E-state index >= 15 is 0 Å². The summed E-state index contributed by atoms with van der Waals surface area (Å²) in [5, 5.41) is 0. The van der Waals surface area contributed by atoms with Gasteiger partial charge in [-0.05, 0) is 13.2 Å². The summed E-state index contributed by atoms with van der Waals surface area (Å²) in [6.07, 6.45) is 3.89. The van der Waals surface area contributed by atoms with Crippen LogP contribution in [0.1, 0.15) is 33.1 Å². The standard InChI is InChI=1S/C8H15BO3/c1-3-4-5-6-9-11-7(2)8(10)12-9/h7H,3-6H2,1-2H3. The van der Waals surface area contributed by atoms with Crippen molar-refractivity contribution >= 4 is 13.1 Å². The Bertz CT molecular complexity index is 160. The maximum atomic E-state index is 10.9. The molecule has 0 aromatic heterocycles. The van der Waals surface area contributed by atoms with Gasteiger partial charge in [-0.3, -0.25) is 4.79 Å². The molecular formula is C8H15BO3. The zero-order valence-electron chi connectivity index (χ0n) is 7.71. The number of unbranched alkanes of at least 4 members (excludes halogenated alkanes) is 2. The van der Waals surface area contributed by atoms with E-state index in [-0.39, 0.29) is 19.2 Å². The first kappa shape index (κ1) is 9.58. The van der Waals surface area contributed by atoms with Gasteiger partial charge >= 0.3 is 13.1 Å². The molecule has 12 heavy (non-hydrogen) atoms. The molecular weight excluding hydrogens is 155 g/mol. The van der Waals surface area contributed by atoms with Crippen molar-refractivity contribution in [1.82, 2.24) is 0 Å². The molecule has 1 saturated heterocycles. The van der Waals surface area contributed by atoms with E-state index in [1.807, 2.05) is 0 Å². The lowest BCUT2D eigenvalue weighted by atomic mass is 9.82. The fraction of sp³-hybridized carbons (Fsp3) is 0.875. The van der Waals surface area contributed by atoms with Crippen LogP contribution in [0.25, 0.3) is 0 Å². The van der Waals surface area contributed by atoms with Crippen molar-refractivity contribution < 1.29 is 14.1 Å². The molecule has 1 atom stereocenters. The second kappa shape index (κ2) is 4.50. The molecule has 0 amide bonds. The molecule has 1 aliphatic heterocycles. The van der Waals surface area contributed by atoms with Gasteiger partial charge in [0.2, 0.25) is 0 Å². The van der Waals surface area contributed by atoms with E-state index in [0.717, 1.165) is 12.7 Å². The minimum Gasteiger partial charge on any atom is -0.508 e.